The van der Waals surface area contributed by atoms with E-state index in [1.165, 1.54) is 16.8 Å². The van der Waals surface area contributed by atoms with Gasteiger partial charge in [-0.1, -0.05) is 24.3 Å². The van der Waals surface area contributed by atoms with Gasteiger partial charge in [0.15, 0.2) is 0 Å². The molecule has 8 nitrogen and oxygen atoms in total. The van der Waals surface area contributed by atoms with E-state index in [0.717, 1.165) is 31.7 Å². The number of esters is 1. The lowest BCUT2D eigenvalue weighted by Gasteiger charge is -2.38. The van der Waals surface area contributed by atoms with Crippen molar-refractivity contribution in [2.24, 2.45) is 0 Å². The van der Waals surface area contributed by atoms with Crippen molar-refractivity contribution in [3.8, 4) is 5.75 Å². The number of benzene rings is 2. The zero-order valence-electron chi connectivity index (χ0n) is 20.9. The van der Waals surface area contributed by atoms with E-state index in [-0.39, 0.29) is 12.6 Å². The Kier molecular flexibility index (Phi) is 7.60. The van der Waals surface area contributed by atoms with Crippen LogP contribution in [0.3, 0.4) is 0 Å². The van der Waals surface area contributed by atoms with Crippen molar-refractivity contribution in [1.29, 1.82) is 0 Å². The van der Waals surface area contributed by atoms with Gasteiger partial charge in [-0.15, -0.1) is 0 Å². The number of hydrogen-bond donors (Lipinski definition) is 2. The van der Waals surface area contributed by atoms with Crippen LogP contribution in [0.2, 0.25) is 0 Å². The van der Waals surface area contributed by atoms with E-state index >= 15 is 0 Å². The van der Waals surface area contributed by atoms with Gasteiger partial charge >= 0.3 is 12.0 Å². The highest BCUT2D eigenvalue weighted by Gasteiger charge is 2.35. The lowest BCUT2D eigenvalue weighted by molar-refractivity contribution is -0.139. The third kappa shape index (κ3) is 5.59. The van der Waals surface area contributed by atoms with Crippen molar-refractivity contribution in [2.75, 3.05) is 51.3 Å². The van der Waals surface area contributed by atoms with E-state index < -0.39 is 12.0 Å². The van der Waals surface area contributed by atoms with Gasteiger partial charge in [-0.05, 0) is 55.7 Å². The smallest absolute Gasteiger partial charge is 0.338 e. The molecule has 8 heteroatoms. The number of carbonyl (C=O) groups is 2. The van der Waals surface area contributed by atoms with E-state index in [1.807, 2.05) is 24.3 Å². The van der Waals surface area contributed by atoms with E-state index in [9.17, 15) is 9.59 Å². The molecule has 0 aromatic heterocycles. The number of methoxy groups -OCH3 is 1. The molecule has 0 saturated carbocycles. The second-order valence-corrected chi connectivity index (χ2v) is 8.97. The number of ether oxygens (including phenoxy) is 2. The third-order valence-electron chi connectivity index (χ3n) is 6.54. The summed E-state index contributed by atoms with van der Waals surface area (Å²) in [4.78, 5) is 30.4. The maximum absolute atomic E-state index is 13.1. The summed E-state index contributed by atoms with van der Waals surface area (Å²) in [6, 6.07) is 13.0. The maximum atomic E-state index is 13.1. The fourth-order valence-corrected chi connectivity index (χ4v) is 4.69. The van der Waals surface area contributed by atoms with Crippen LogP contribution in [0.15, 0.2) is 53.7 Å². The zero-order valence-corrected chi connectivity index (χ0v) is 20.9. The highest BCUT2D eigenvalue weighted by Crippen LogP contribution is 2.30. The minimum absolute atomic E-state index is 0.253. The SMILES string of the molecule is CCOC(=O)C1=C(CN2CCN(c3cc(C)ccc3C)CC2)NC(=O)NC1c1cccc(OC)c1. The normalized spacial score (nSPS) is 18.7. The Hall–Kier alpha value is -3.52. The van der Waals surface area contributed by atoms with Gasteiger partial charge in [0.25, 0.3) is 0 Å². The maximum Gasteiger partial charge on any atom is 0.338 e. The zero-order chi connectivity index (χ0) is 24.9. The van der Waals surface area contributed by atoms with Crippen LogP contribution in [0.1, 0.15) is 29.7 Å². The number of nitrogens with one attached hydrogen (secondary N) is 2. The third-order valence-corrected chi connectivity index (χ3v) is 6.54. The molecule has 0 aliphatic carbocycles. The molecule has 2 aromatic rings. The Morgan fingerprint density at radius 2 is 1.86 bits per heavy atom. The Labute approximate surface area is 206 Å². The minimum atomic E-state index is -0.621. The number of amides is 2. The lowest BCUT2D eigenvalue weighted by Crippen LogP contribution is -2.52. The van der Waals surface area contributed by atoms with Gasteiger partial charge in [0.05, 0.1) is 25.3 Å². The van der Waals surface area contributed by atoms with Crippen LogP contribution in [0.4, 0.5) is 10.5 Å². The summed E-state index contributed by atoms with van der Waals surface area (Å²) >= 11 is 0. The van der Waals surface area contributed by atoms with Gasteiger partial charge in [0.1, 0.15) is 5.75 Å². The van der Waals surface area contributed by atoms with Crippen molar-refractivity contribution in [3.63, 3.8) is 0 Å². The number of urea groups is 1. The molecule has 2 aliphatic heterocycles. The molecule has 0 bridgehead atoms. The largest absolute Gasteiger partial charge is 0.497 e. The molecule has 0 radical (unpaired) electrons. The summed E-state index contributed by atoms with van der Waals surface area (Å²) in [6.45, 7) is 10.1. The summed E-state index contributed by atoms with van der Waals surface area (Å²) in [5.74, 6) is 0.222. The van der Waals surface area contributed by atoms with Gasteiger partial charge in [0, 0.05) is 44.1 Å². The van der Waals surface area contributed by atoms with E-state index in [2.05, 4.69) is 52.5 Å². The van der Waals surface area contributed by atoms with Crippen molar-refractivity contribution in [2.45, 2.75) is 26.8 Å². The summed E-state index contributed by atoms with van der Waals surface area (Å²) < 4.78 is 10.8. The summed E-state index contributed by atoms with van der Waals surface area (Å²) in [5, 5.41) is 5.77. The second-order valence-electron chi connectivity index (χ2n) is 8.97. The monoisotopic (exact) mass is 478 g/mol. The molecule has 2 aromatic carbocycles. The van der Waals surface area contributed by atoms with Crippen molar-refractivity contribution in [3.05, 3.63) is 70.4 Å². The highest BCUT2D eigenvalue weighted by molar-refractivity contribution is 5.95. The minimum Gasteiger partial charge on any atom is -0.497 e. The Morgan fingerprint density at radius 1 is 1.09 bits per heavy atom. The molecule has 186 valence electrons. The van der Waals surface area contributed by atoms with Gasteiger partial charge in [-0.2, -0.15) is 0 Å². The molecule has 1 saturated heterocycles. The number of hydrogen-bond acceptors (Lipinski definition) is 6. The van der Waals surface area contributed by atoms with Crippen molar-refractivity contribution in [1.82, 2.24) is 15.5 Å². The van der Waals surface area contributed by atoms with E-state index in [1.54, 1.807) is 14.0 Å². The predicted octanol–water partition coefficient (Wildman–Crippen LogP) is 3.31. The summed E-state index contributed by atoms with van der Waals surface area (Å²) in [6.07, 6.45) is 0. The van der Waals surface area contributed by atoms with Crippen molar-refractivity contribution < 1.29 is 19.1 Å². The molecule has 2 heterocycles. The molecular weight excluding hydrogens is 444 g/mol. The molecule has 1 unspecified atom stereocenters. The first-order valence-electron chi connectivity index (χ1n) is 12.1. The molecule has 1 atom stereocenters. The average molecular weight is 479 g/mol. The van der Waals surface area contributed by atoms with E-state index in [4.69, 9.17) is 9.47 Å². The Balaban J connectivity index is 1.57. The number of nitrogens with zero attached hydrogens (tertiary/aromatic N) is 2. The molecular formula is C27H34N4O4. The standard InChI is InChI=1S/C27H34N4O4/c1-5-35-26(32)24-22(28-27(33)29-25(24)20-7-6-8-21(16-20)34-4)17-30-11-13-31(14-12-30)23-15-18(2)9-10-19(23)3/h6-10,15-16,25H,5,11-14,17H2,1-4H3,(H2,28,29,33). The van der Waals surface area contributed by atoms with Gasteiger partial charge in [-0.3, -0.25) is 4.90 Å². The predicted molar refractivity (Wildman–Crippen MR) is 136 cm³/mol. The number of anilines is 1. The van der Waals surface area contributed by atoms with Crippen LogP contribution >= 0.6 is 0 Å². The first kappa shape index (κ1) is 24.6. The van der Waals surface area contributed by atoms with Crippen LogP contribution < -0.4 is 20.3 Å². The molecule has 4 rings (SSSR count). The number of aryl methyl sites for hydroxylation is 2. The number of carbonyl (C=O) groups excluding carboxylic acids is 2. The van der Waals surface area contributed by atoms with Crippen LogP contribution in [-0.2, 0) is 9.53 Å². The number of rotatable bonds is 7. The van der Waals surface area contributed by atoms with Crippen LogP contribution in [0.25, 0.3) is 0 Å². The number of piperazine rings is 1. The first-order valence-corrected chi connectivity index (χ1v) is 12.1. The molecule has 2 aliphatic rings. The molecule has 1 fully saturated rings. The molecule has 2 N–H and O–H groups in total. The topological polar surface area (TPSA) is 83.1 Å². The van der Waals surface area contributed by atoms with Crippen LogP contribution in [0.5, 0.6) is 5.75 Å². The molecule has 2 amide bonds. The fraction of sp³-hybridized carbons (Fsp3) is 0.407. The van der Waals surface area contributed by atoms with Gasteiger partial charge in [0.2, 0.25) is 0 Å². The second kappa shape index (κ2) is 10.8. The molecule has 0 spiro atoms. The fourth-order valence-electron chi connectivity index (χ4n) is 4.69. The Bertz CT molecular complexity index is 1120. The van der Waals surface area contributed by atoms with Crippen LogP contribution in [-0.4, -0.2) is 63.3 Å². The highest BCUT2D eigenvalue weighted by atomic mass is 16.5. The van der Waals surface area contributed by atoms with E-state index in [0.29, 0.717) is 23.6 Å². The lowest BCUT2D eigenvalue weighted by atomic mass is 9.94. The summed E-state index contributed by atoms with van der Waals surface area (Å²) in [5.41, 5.74) is 5.56. The Morgan fingerprint density at radius 3 is 2.57 bits per heavy atom. The van der Waals surface area contributed by atoms with Gasteiger partial charge < -0.3 is 25.0 Å². The quantitative estimate of drug-likeness (QED) is 0.594. The van der Waals surface area contributed by atoms with Crippen molar-refractivity contribution >= 4 is 17.7 Å². The first-order chi connectivity index (χ1) is 16.9. The van der Waals surface area contributed by atoms with Crippen LogP contribution in [0, 0.1) is 13.8 Å². The van der Waals surface area contributed by atoms with Gasteiger partial charge in [-0.25, -0.2) is 9.59 Å². The average Bonchev–Trinajstić information content (AvgIpc) is 2.86. The molecule has 35 heavy (non-hydrogen) atoms. The summed E-state index contributed by atoms with van der Waals surface area (Å²) in [7, 11) is 1.59.